The molecule has 0 aliphatic rings. The number of furan rings is 1. The second-order valence-electron chi connectivity index (χ2n) is 3.71. The summed E-state index contributed by atoms with van der Waals surface area (Å²) < 4.78 is 6.02. The van der Waals surface area contributed by atoms with Crippen molar-refractivity contribution in [2.75, 3.05) is 0 Å². The zero-order valence-electron chi connectivity index (χ0n) is 9.37. The van der Waals surface area contributed by atoms with Gasteiger partial charge < -0.3 is 9.52 Å². The zero-order chi connectivity index (χ0) is 12.1. The Labute approximate surface area is 103 Å². The van der Waals surface area contributed by atoms with Gasteiger partial charge in [0, 0.05) is 0 Å². The van der Waals surface area contributed by atoms with E-state index in [2.05, 4.69) is 21.2 Å². The van der Waals surface area contributed by atoms with Gasteiger partial charge in [0.1, 0.15) is 11.8 Å². The third kappa shape index (κ3) is 3.64. The van der Waals surface area contributed by atoms with Crippen LogP contribution < -0.4 is 5.32 Å². The van der Waals surface area contributed by atoms with Gasteiger partial charge in [0.05, 0.1) is 6.04 Å². The number of halogens is 1. The van der Waals surface area contributed by atoms with Gasteiger partial charge in [-0.15, -0.1) is 0 Å². The van der Waals surface area contributed by atoms with Crippen LogP contribution in [0.5, 0.6) is 0 Å². The summed E-state index contributed by atoms with van der Waals surface area (Å²) in [5.41, 5.74) is 0. The molecule has 0 aliphatic carbocycles. The van der Waals surface area contributed by atoms with Crippen LogP contribution in [0.3, 0.4) is 0 Å². The molecule has 0 aliphatic heterocycles. The topological polar surface area (TPSA) is 62.5 Å². The third-order valence-corrected chi connectivity index (χ3v) is 2.77. The molecule has 0 fully saturated rings. The first kappa shape index (κ1) is 13.3. The highest BCUT2D eigenvalue weighted by Crippen LogP contribution is 2.20. The van der Waals surface area contributed by atoms with Gasteiger partial charge in [-0.25, -0.2) is 0 Å². The molecule has 1 aromatic heterocycles. The number of nitrogens with one attached hydrogen (secondary N) is 1. The standard InChI is InChI=1S/C11H16BrNO3/c1-3-4-8(11(14)15)13-7(2)9-5-6-10(12)16-9/h5-8,13H,3-4H2,1-2H3,(H,14,15). The van der Waals surface area contributed by atoms with E-state index in [1.54, 1.807) is 6.07 Å². The average Bonchev–Trinajstić information content (AvgIpc) is 2.64. The van der Waals surface area contributed by atoms with E-state index in [-0.39, 0.29) is 6.04 Å². The van der Waals surface area contributed by atoms with Crippen LogP contribution >= 0.6 is 15.9 Å². The summed E-state index contributed by atoms with van der Waals surface area (Å²) in [6.45, 7) is 3.85. The van der Waals surface area contributed by atoms with Crippen molar-refractivity contribution in [3.05, 3.63) is 22.6 Å². The van der Waals surface area contributed by atoms with Crippen molar-refractivity contribution in [3.8, 4) is 0 Å². The molecule has 0 bridgehead atoms. The maximum absolute atomic E-state index is 11.0. The lowest BCUT2D eigenvalue weighted by atomic mass is 10.1. The Kier molecular flexibility index (Phi) is 5.02. The van der Waals surface area contributed by atoms with Crippen molar-refractivity contribution < 1.29 is 14.3 Å². The number of rotatable bonds is 6. The fourth-order valence-corrected chi connectivity index (χ4v) is 1.83. The predicted molar refractivity (Wildman–Crippen MR) is 64.3 cm³/mol. The second-order valence-corrected chi connectivity index (χ2v) is 4.49. The fraction of sp³-hybridized carbons (Fsp3) is 0.545. The van der Waals surface area contributed by atoms with Gasteiger partial charge in [-0.2, -0.15) is 0 Å². The Hall–Kier alpha value is -0.810. The molecular weight excluding hydrogens is 274 g/mol. The van der Waals surface area contributed by atoms with Crippen molar-refractivity contribution in [1.29, 1.82) is 0 Å². The summed E-state index contributed by atoms with van der Waals surface area (Å²) in [6.07, 6.45) is 1.44. The van der Waals surface area contributed by atoms with E-state index in [4.69, 9.17) is 9.52 Å². The molecule has 2 atom stereocenters. The first-order chi connectivity index (χ1) is 7.54. The SMILES string of the molecule is CCCC(NC(C)c1ccc(Br)o1)C(=O)O. The van der Waals surface area contributed by atoms with Gasteiger partial charge in [0.25, 0.3) is 0 Å². The first-order valence-electron chi connectivity index (χ1n) is 5.28. The van der Waals surface area contributed by atoms with E-state index < -0.39 is 12.0 Å². The number of carboxylic acid groups (broad SMARTS) is 1. The number of hydrogen-bond acceptors (Lipinski definition) is 3. The molecule has 1 aromatic rings. The summed E-state index contributed by atoms with van der Waals surface area (Å²) in [5.74, 6) is -0.0893. The largest absolute Gasteiger partial charge is 0.480 e. The average molecular weight is 290 g/mol. The Balaban J connectivity index is 2.61. The summed E-state index contributed by atoms with van der Waals surface area (Å²) in [6, 6.07) is 2.98. The molecule has 90 valence electrons. The summed E-state index contributed by atoms with van der Waals surface area (Å²) >= 11 is 3.22. The van der Waals surface area contributed by atoms with Crippen molar-refractivity contribution >= 4 is 21.9 Å². The summed E-state index contributed by atoms with van der Waals surface area (Å²) in [5, 5.41) is 12.0. The van der Waals surface area contributed by atoms with Gasteiger partial charge in [0.15, 0.2) is 4.67 Å². The molecule has 0 amide bonds. The van der Waals surface area contributed by atoms with E-state index in [1.807, 2.05) is 19.9 Å². The Morgan fingerprint density at radius 2 is 2.31 bits per heavy atom. The Morgan fingerprint density at radius 3 is 2.75 bits per heavy atom. The van der Waals surface area contributed by atoms with Crippen molar-refractivity contribution in [1.82, 2.24) is 5.32 Å². The molecule has 1 rings (SSSR count). The van der Waals surface area contributed by atoms with E-state index in [0.29, 0.717) is 11.1 Å². The van der Waals surface area contributed by atoms with Crippen molar-refractivity contribution in [2.24, 2.45) is 0 Å². The Bertz CT molecular complexity index is 351. The molecule has 0 saturated carbocycles. The minimum atomic E-state index is -0.820. The maximum atomic E-state index is 11.0. The van der Waals surface area contributed by atoms with Gasteiger partial charge in [-0.1, -0.05) is 13.3 Å². The van der Waals surface area contributed by atoms with Crippen LogP contribution in [0.25, 0.3) is 0 Å². The van der Waals surface area contributed by atoms with Crippen LogP contribution in [-0.2, 0) is 4.79 Å². The van der Waals surface area contributed by atoms with Crippen molar-refractivity contribution in [2.45, 2.75) is 38.8 Å². The normalized spacial score (nSPS) is 14.7. The fourth-order valence-electron chi connectivity index (χ4n) is 1.51. The molecule has 0 saturated heterocycles. The number of hydrogen-bond donors (Lipinski definition) is 2. The lowest BCUT2D eigenvalue weighted by molar-refractivity contribution is -0.139. The molecule has 5 heteroatoms. The molecule has 0 aromatic carbocycles. The highest BCUT2D eigenvalue weighted by Gasteiger charge is 2.20. The predicted octanol–water partition coefficient (Wildman–Crippen LogP) is 2.95. The van der Waals surface area contributed by atoms with Gasteiger partial charge >= 0.3 is 5.97 Å². The van der Waals surface area contributed by atoms with E-state index in [1.165, 1.54) is 0 Å². The molecule has 2 unspecified atom stereocenters. The molecule has 0 radical (unpaired) electrons. The Morgan fingerprint density at radius 1 is 1.62 bits per heavy atom. The third-order valence-electron chi connectivity index (χ3n) is 2.35. The van der Waals surface area contributed by atoms with Crippen LogP contribution in [0.4, 0.5) is 0 Å². The number of carboxylic acids is 1. The first-order valence-corrected chi connectivity index (χ1v) is 6.08. The molecule has 4 nitrogen and oxygen atoms in total. The quantitative estimate of drug-likeness (QED) is 0.845. The number of aliphatic carboxylic acids is 1. The van der Waals surface area contributed by atoms with Crippen LogP contribution in [0.1, 0.15) is 38.5 Å². The van der Waals surface area contributed by atoms with E-state index >= 15 is 0 Å². The minimum Gasteiger partial charge on any atom is -0.480 e. The summed E-state index contributed by atoms with van der Waals surface area (Å²) in [4.78, 5) is 11.0. The van der Waals surface area contributed by atoms with Crippen LogP contribution in [-0.4, -0.2) is 17.1 Å². The van der Waals surface area contributed by atoms with Crippen molar-refractivity contribution in [3.63, 3.8) is 0 Å². The lowest BCUT2D eigenvalue weighted by Gasteiger charge is -2.17. The molecule has 0 spiro atoms. The molecule has 16 heavy (non-hydrogen) atoms. The van der Waals surface area contributed by atoms with E-state index in [0.717, 1.165) is 12.2 Å². The lowest BCUT2D eigenvalue weighted by Crippen LogP contribution is -2.38. The van der Waals surface area contributed by atoms with Crippen LogP contribution in [0, 0.1) is 0 Å². The second kappa shape index (κ2) is 6.06. The molecular formula is C11H16BrNO3. The molecule has 2 N–H and O–H groups in total. The van der Waals surface area contributed by atoms with Crippen LogP contribution in [0.15, 0.2) is 21.2 Å². The van der Waals surface area contributed by atoms with Gasteiger partial charge in [-0.3, -0.25) is 10.1 Å². The minimum absolute atomic E-state index is 0.112. The highest BCUT2D eigenvalue weighted by molar-refractivity contribution is 9.10. The maximum Gasteiger partial charge on any atom is 0.320 e. The van der Waals surface area contributed by atoms with E-state index in [9.17, 15) is 4.79 Å². The molecule has 1 heterocycles. The van der Waals surface area contributed by atoms with Gasteiger partial charge in [0.2, 0.25) is 0 Å². The number of carbonyl (C=O) groups is 1. The van der Waals surface area contributed by atoms with Crippen LogP contribution in [0.2, 0.25) is 0 Å². The zero-order valence-corrected chi connectivity index (χ0v) is 11.0. The van der Waals surface area contributed by atoms with Gasteiger partial charge in [-0.05, 0) is 41.4 Å². The smallest absolute Gasteiger partial charge is 0.320 e. The highest BCUT2D eigenvalue weighted by atomic mass is 79.9. The monoisotopic (exact) mass is 289 g/mol. The summed E-state index contributed by atoms with van der Waals surface area (Å²) in [7, 11) is 0.